The lowest BCUT2D eigenvalue weighted by atomic mass is 9.99. The second kappa shape index (κ2) is 5.40. The molecule has 21 heavy (non-hydrogen) atoms. The molecule has 0 N–H and O–H groups in total. The van der Waals surface area contributed by atoms with Gasteiger partial charge in [-0.15, -0.1) is 0 Å². The summed E-state index contributed by atoms with van der Waals surface area (Å²) in [7, 11) is 0. The lowest BCUT2D eigenvalue weighted by Gasteiger charge is -2.09. The monoisotopic (exact) mass is 315 g/mol. The van der Waals surface area contributed by atoms with Gasteiger partial charge in [0.2, 0.25) is 0 Å². The van der Waals surface area contributed by atoms with Crippen molar-refractivity contribution in [2.24, 2.45) is 0 Å². The summed E-state index contributed by atoms with van der Waals surface area (Å²) in [5, 5.41) is 10.7. The molecule has 0 aliphatic rings. The van der Waals surface area contributed by atoms with Crippen LogP contribution in [0, 0.1) is 11.3 Å². The summed E-state index contributed by atoms with van der Waals surface area (Å²) in [5.41, 5.74) is 3.81. The first-order valence-corrected chi connectivity index (χ1v) is 7.24. The van der Waals surface area contributed by atoms with Crippen LogP contribution in [0.4, 0.5) is 0 Å². The van der Waals surface area contributed by atoms with Crippen LogP contribution in [-0.4, -0.2) is 9.55 Å². The molecule has 3 aromatic rings. The first-order valence-electron chi connectivity index (χ1n) is 6.49. The molecular weight excluding hydrogens is 305 g/mol. The third-order valence-electron chi connectivity index (χ3n) is 3.45. The standard InChI is InChI=1S/C16H11Cl2N3/c1-2-21-9-20-15-6-5-11(13(8-19)16(15)21)12-4-3-10(17)7-14(12)18/h3-7,9H,2H2,1H3. The molecular formula is C16H11Cl2N3. The quantitative estimate of drug-likeness (QED) is 0.674. The molecule has 3 rings (SSSR count). The van der Waals surface area contributed by atoms with Crippen LogP contribution in [0.25, 0.3) is 22.2 Å². The molecule has 0 saturated carbocycles. The molecule has 1 aromatic heterocycles. The number of halogens is 2. The number of benzene rings is 2. The lowest BCUT2D eigenvalue weighted by molar-refractivity contribution is 0.786. The molecule has 0 unspecified atom stereocenters. The molecule has 0 bridgehead atoms. The first-order chi connectivity index (χ1) is 10.2. The number of hydrogen-bond acceptors (Lipinski definition) is 2. The number of aromatic nitrogens is 2. The van der Waals surface area contributed by atoms with Crippen molar-refractivity contribution in [1.82, 2.24) is 9.55 Å². The van der Waals surface area contributed by atoms with Gasteiger partial charge in [-0.25, -0.2) is 4.98 Å². The molecule has 5 heteroatoms. The van der Waals surface area contributed by atoms with Crippen LogP contribution in [0.3, 0.4) is 0 Å². The zero-order valence-corrected chi connectivity index (χ0v) is 12.8. The van der Waals surface area contributed by atoms with E-state index in [9.17, 15) is 5.26 Å². The molecule has 104 valence electrons. The largest absolute Gasteiger partial charge is 0.330 e. The van der Waals surface area contributed by atoms with Crippen molar-refractivity contribution in [1.29, 1.82) is 5.26 Å². The fraction of sp³-hybridized carbons (Fsp3) is 0.125. The van der Waals surface area contributed by atoms with E-state index in [1.165, 1.54) is 0 Å². The molecule has 0 fully saturated rings. The van der Waals surface area contributed by atoms with Gasteiger partial charge in [-0.1, -0.05) is 35.3 Å². The average Bonchev–Trinajstić information content (AvgIpc) is 2.89. The van der Waals surface area contributed by atoms with Crippen molar-refractivity contribution in [3.63, 3.8) is 0 Å². The third-order valence-corrected chi connectivity index (χ3v) is 4.00. The lowest BCUT2D eigenvalue weighted by Crippen LogP contribution is -1.95. The number of aryl methyl sites for hydroxylation is 1. The Morgan fingerprint density at radius 1 is 1.19 bits per heavy atom. The minimum Gasteiger partial charge on any atom is -0.330 e. The van der Waals surface area contributed by atoms with E-state index < -0.39 is 0 Å². The van der Waals surface area contributed by atoms with Crippen LogP contribution in [0.5, 0.6) is 0 Å². The van der Waals surface area contributed by atoms with Gasteiger partial charge in [-0.2, -0.15) is 5.26 Å². The third kappa shape index (κ3) is 2.27. The van der Waals surface area contributed by atoms with Crippen molar-refractivity contribution < 1.29 is 0 Å². The summed E-state index contributed by atoms with van der Waals surface area (Å²) in [6.07, 6.45) is 1.75. The Morgan fingerprint density at radius 2 is 1.95 bits per heavy atom. The minimum atomic E-state index is 0.529. The number of nitriles is 1. The Kier molecular flexibility index (Phi) is 3.59. The van der Waals surface area contributed by atoms with Crippen molar-refractivity contribution >= 4 is 34.2 Å². The second-order valence-corrected chi connectivity index (χ2v) is 5.47. The van der Waals surface area contributed by atoms with E-state index in [1.807, 2.05) is 29.7 Å². The minimum absolute atomic E-state index is 0.529. The molecule has 2 aromatic carbocycles. The van der Waals surface area contributed by atoms with Gasteiger partial charge in [-0.05, 0) is 25.1 Å². The molecule has 0 aliphatic heterocycles. The molecule has 0 amide bonds. The summed E-state index contributed by atoms with van der Waals surface area (Å²) in [5.74, 6) is 0. The smallest absolute Gasteiger partial charge is 0.102 e. The molecule has 0 atom stereocenters. The number of nitrogens with zero attached hydrogens (tertiary/aromatic N) is 3. The fourth-order valence-electron chi connectivity index (χ4n) is 2.45. The summed E-state index contributed by atoms with van der Waals surface area (Å²) in [6, 6.07) is 11.4. The molecule has 0 aliphatic carbocycles. The van der Waals surface area contributed by atoms with Gasteiger partial charge in [0.25, 0.3) is 0 Å². The predicted octanol–water partition coefficient (Wildman–Crippen LogP) is 4.90. The van der Waals surface area contributed by atoms with E-state index in [2.05, 4.69) is 11.1 Å². The van der Waals surface area contributed by atoms with Crippen molar-refractivity contribution in [3.05, 3.63) is 52.3 Å². The van der Waals surface area contributed by atoms with Gasteiger partial charge in [0.15, 0.2) is 0 Å². The second-order valence-electron chi connectivity index (χ2n) is 4.62. The van der Waals surface area contributed by atoms with Gasteiger partial charge in [0.1, 0.15) is 6.07 Å². The summed E-state index contributed by atoms with van der Waals surface area (Å²) in [6.45, 7) is 2.77. The Bertz CT molecular complexity index is 875. The Morgan fingerprint density at radius 3 is 2.62 bits per heavy atom. The number of hydrogen-bond donors (Lipinski definition) is 0. The van der Waals surface area contributed by atoms with E-state index in [0.717, 1.165) is 28.7 Å². The Labute approximate surface area is 132 Å². The zero-order chi connectivity index (χ0) is 15.0. The molecule has 0 spiro atoms. The topological polar surface area (TPSA) is 41.6 Å². The maximum absolute atomic E-state index is 9.60. The number of fused-ring (bicyclic) bond motifs is 1. The van der Waals surface area contributed by atoms with Gasteiger partial charge < -0.3 is 4.57 Å². The normalized spacial score (nSPS) is 10.8. The fourth-order valence-corrected chi connectivity index (χ4v) is 2.96. The highest BCUT2D eigenvalue weighted by Crippen LogP contribution is 2.35. The van der Waals surface area contributed by atoms with Crippen LogP contribution in [0.2, 0.25) is 10.0 Å². The average molecular weight is 316 g/mol. The maximum Gasteiger partial charge on any atom is 0.102 e. The van der Waals surface area contributed by atoms with Crippen LogP contribution in [0.15, 0.2) is 36.7 Å². The Hall–Kier alpha value is -2.02. The van der Waals surface area contributed by atoms with Crippen LogP contribution in [0.1, 0.15) is 12.5 Å². The molecule has 1 heterocycles. The highest BCUT2D eigenvalue weighted by Gasteiger charge is 2.15. The summed E-state index contributed by atoms with van der Waals surface area (Å²) >= 11 is 12.2. The SMILES string of the molecule is CCn1cnc2ccc(-c3ccc(Cl)cc3Cl)c(C#N)c21. The van der Waals surface area contributed by atoms with E-state index in [1.54, 1.807) is 18.5 Å². The van der Waals surface area contributed by atoms with E-state index >= 15 is 0 Å². The van der Waals surface area contributed by atoms with Gasteiger partial charge in [0.05, 0.1) is 22.9 Å². The summed E-state index contributed by atoms with van der Waals surface area (Å²) in [4.78, 5) is 4.33. The molecule has 0 radical (unpaired) electrons. The Balaban J connectivity index is 2.35. The molecule has 0 saturated heterocycles. The van der Waals surface area contributed by atoms with E-state index in [4.69, 9.17) is 23.2 Å². The number of imidazole rings is 1. The highest BCUT2D eigenvalue weighted by molar-refractivity contribution is 6.36. The van der Waals surface area contributed by atoms with E-state index in [0.29, 0.717) is 15.6 Å². The summed E-state index contributed by atoms with van der Waals surface area (Å²) < 4.78 is 1.96. The van der Waals surface area contributed by atoms with Crippen molar-refractivity contribution in [2.45, 2.75) is 13.5 Å². The predicted molar refractivity (Wildman–Crippen MR) is 85.6 cm³/mol. The van der Waals surface area contributed by atoms with Crippen molar-refractivity contribution in [2.75, 3.05) is 0 Å². The van der Waals surface area contributed by atoms with E-state index in [-0.39, 0.29) is 0 Å². The van der Waals surface area contributed by atoms with Crippen LogP contribution >= 0.6 is 23.2 Å². The molecule has 3 nitrogen and oxygen atoms in total. The zero-order valence-electron chi connectivity index (χ0n) is 11.3. The van der Waals surface area contributed by atoms with Crippen molar-refractivity contribution in [3.8, 4) is 17.2 Å². The maximum atomic E-state index is 9.60. The van der Waals surface area contributed by atoms with Gasteiger partial charge >= 0.3 is 0 Å². The van der Waals surface area contributed by atoms with Gasteiger partial charge in [-0.3, -0.25) is 0 Å². The number of rotatable bonds is 2. The van der Waals surface area contributed by atoms with Crippen LogP contribution < -0.4 is 0 Å². The van der Waals surface area contributed by atoms with Crippen LogP contribution in [-0.2, 0) is 6.54 Å². The van der Waals surface area contributed by atoms with Gasteiger partial charge in [0, 0.05) is 27.7 Å². The first kappa shape index (κ1) is 13.9. The highest BCUT2D eigenvalue weighted by atomic mass is 35.5.